The van der Waals surface area contributed by atoms with Crippen LogP contribution in [0, 0.1) is 0 Å². The average molecular weight is 713 g/mol. The van der Waals surface area contributed by atoms with E-state index in [-0.39, 0.29) is 29.9 Å². The highest BCUT2D eigenvalue weighted by molar-refractivity contribution is 9.10. The van der Waals surface area contributed by atoms with Gasteiger partial charge >= 0.3 is 6.09 Å². The first-order valence-electron chi connectivity index (χ1n) is 15.1. The maximum atomic E-state index is 14.2. The molecular formula is C32H35BrClN7O5. The molecule has 0 bridgehead atoms. The van der Waals surface area contributed by atoms with E-state index in [1.54, 1.807) is 27.7 Å². The van der Waals surface area contributed by atoms with Crippen LogP contribution in [0.15, 0.2) is 45.7 Å². The van der Waals surface area contributed by atoms with Crippen LogP contribution in [0.25, 0.3) is 17.2 Å². The minimum Gasteiger partial charge on any atom is -0.444 e. The van der Waals surface area contributed by atoms with Crippen molar-refractivity contribution in [2.45, 2.75) is 59.5 Å². The lowest BCUT2D eigenvalue weighted by Crippen LogP contribution is -2.51. The highest BCUT2D eigenvalue weighted by Gasteiger charge is 2.30. The van der Waals surface area contributed by atoms with E-state index in [0.717, 1.165) is 21.2 Å². The number of carbonyl (C=O) groups excluding carboxylic acids is 2. The van der Waals surface area contributed by atoms with Crippen molar-refractivity contribution in [2.75, 3.05) is 36.4 Å². The second-order valence-corrected chi connectivity index (χ2v) is 13.6. The Bertz CT molecular complexity index is 1890. The molecule has 4 aromatic rings. The minimum absolute atomic E-state index is 0.139. The molecule has 0 aliphatic carbocycles. The number of piperazine rings is 1. The van der Waals surface area contributed by atoms with Gasteiger partial charge in [0.2, 0.25) is 11.7 Å². The summed E-state index contributed by atoms with van der Waals surface area (Å²) >= 11 is 9.77. The number of halogens is 2. The first-order chi connectivity index (χ1) is 21.9. The zero-order chi connectivity index (χ0) is 32.7. The van der Waals surface area contributed by atoms with Crippen LogP contribution in [-0.4, -0.2) is 67.8 Å². The summed E-state index contributed by atoms with van der Waals surface area (Å²) in [5.41, 5.74) is 3.48. The number of ether oxygens (including phenoxy) is 2. The maximum Gasteiger partial charge on any atom is 0.410 e. The molecule has 4 heterocycles. The van der Waals surface area contributed by atoms with Crippen LogP contribution < -0.4 is 15.8 Å². The fraction of sp³-hybridized carbons (Fsp3) is 0.406. The number of rotatable bonds is 6. The summed E-state index contributed by atoms with van der Waals surface area (Å²) in [7, 11) is 0. The van der Waals surface area contributed by atoms with E-state index in [1.807, 2.05) is 50.8 Å². The van der Waals surface area contributed by atoms with Crippen molar-refractivity contribution >= 4 is 56.7 Å². The lowest BCUT2D eigenvalue weighted by molar-refractivity contribution is -0.116. The van der Waals surface area contributed by atoms with Gasteiger partial charge in [-0.05, 0) is 62.6 Å². The normalized spacial score (nSPS) is 14.9. The average Bonchev–Trinajstić information content (AvgIpc) is 3.67. The fourth-order valence-corrected chi connectivity index (χ4v) is 6.45. The Hall–Kier alpha value is -3.94. The number of benzene rings is 2. The van der Waals surface area contributed by atoms with Gasteiger partial charge in [0.1, 0.15) is 17.8 Å². The Balaban J connectivity index is 1.40. The van der Waals surface area contributed by atoms with Crippen molar-refractivity contribution in [3.8, 4) is 11.4 Å². The second kappa shape index (κ2) is 12.7. The van der Waals surface area contributed by atoms with E-state index in [9.17, 15) is 14.4 Å². The number of fused-ring (bicyclic) bond motifs is 2. The Morgan fingerprint density at radius 1 is 1.07 bits per heavy atom. The van der Waals surface area contributed by atoms with E-state index in [2.05, 4.69) is 26.3 Å². The Labute approximate surface area is 279 Å². The Morgan fingerprint density at radius 2 is 1.80 bits per heavy atom. The van der Waals surface area contributed by atoms with E-state index in [0.29, 0.717) is 73.7 Å². The SMILES string of the molecule is CCc1c(N2CCN(C(=O)OC(C)(C)C)CC2)c(=O)n2nc(-c3ccc4c(c3)COC4)nc2n1CC(=O)Nc1ccc(Br)cc1Cl. The van der Waals surface area contributed by atoms with E-state index < -0.39 is 5.60 Å². The molecule has 46 heavy (non-hydrogen) atoms. The first kappa shape index (κ1) is 32.0. The zero-order valence-electron chi connectivity index (χ0n) is 26.1. The molecule has 0 atom stereocenters. The molecule has 2 aromatic heterocycles. The fourth-order valence-electron chi connectivity index (χ4n) is 5.73. The molecule has 242 valence electrons. The van der Waals surface area contributed by atoms with Gasteiger partial charge in [-0.2, -0.15) is 9.50 Å². The summed E-state index contributed by atoms with van der Waals surface area (Å²) in [6, 6.07) is 11.1. The molecule has 2 aliphatic heterocycles. The van der Waals surface area contributed by atoms with Gasteiger partial charge in [-0.25, -0.2) is 4.79 Å². The number of carbonyl (C=O) groups is 2. The molecule has 12 nitrogen and oxygen atoms in total. The van der Waals surface area contributed by atoms with Crippen molar-refractivity contribution in [1.29, 1.82) is 0 Å². The number of nitrogens with zero attached hydrogens (tertiary/aromatic N) is 6. The van der Waals surface area contributed by atoms with Crippen molar-refractivity contribution in [1.82, 2.24) is 24.1 Å². The van der Waals surface area contributed by atoms with Gasteiger partial charge in [-0.1, -0.05) is 46.6 Å². The number of hydrogen-bond donors (Lipinski definition) is 1. The third kappa shape index (κ3) is 6.49. The summed E-state index contributed by atoms with van der Waals surface area (Å²) in [5.74, 6) is 0.275. The predicted molar refractivity (Wildman–Crippen MR) is 178 cm³/mol. The summed E-state index contributed by atoms with van der Waals surface area (Å²) in [5, 5.41) is 7.93. The van der Waals surface area contributed by atoms with Gasteiger partial charge in [-0.15, -0.1) is 5.10 Å². The molecule has 1 saturated heterocycles. The van der Waals surface area contributed by atoms with E-state index in [4.69, 9.17) is 26.1 Å². The quantitative estimate of drug-likeness (QED) is 0.287. The number of anilines is 2. The summed E-state index contributed by atoms with van der Waals surface area (Å²) in [4.78, 5) is 48.8. The van der Waals surface area contributed by atoms with Crippen LogP contribution in [-0.2, 0) is 40.4 Å². The highest BCUT2D eigenvalue weighted by Crippen LogP contribution is 2.28. The summed E-state index contributed by atoms with van der Waals surface area (Å²) in [6.07, 6.45) is 0.0533. The lowest BCUT2D eigenvalue weighted by atomic mass is 10.1. The van der Waals surface area contributed by atoms with Gasteiger partial charge in [-0.3, -0.25) is 9.59 Å². The van der Waals surface area contributed by atoms with Gasteiger partial charge in [0, 0.05) is 36.2 Å². The highest BCUT2D eigenvalue weighted by atomic mass is 79.9. The van der Waals surface area contributed by atoms with Crippen molar-refractivity contribution in [3.05, 3.63) is 73.1 Å². The second-order valence-electron chi connectivity index (χ2n) is 12.3. The van der Waals surface area contributed by atoms with Crippen molar-refractivity contribution in [3.63, 3.8) is 0 Å². The summed E-state index contributed by atoms with van der Waals surface area (Å²) < 4.78 is 14.9. The Morgan fingerprint density at radius 3 is 2.50 bits per heavy atom. The van der Waals surface area contributed by atoms with Crippen LogP contribution in [0.1, 0.15) is 44.5 Å². The molecule has 2 aromatic carbocycles. The number of hydrogen-bond acceptors (Lipinski definition) is 8. The molecule has 14 heteroatoms. The van der Waals surface area contributed by atoms with Gasteiger partial charge in [0.15, 0.2) is 5.82 Å². The maximum absolute atomic E-state index is 14.2. The number of amides is 2. The molecule has 2 amide bonds. The van der Waals surface area contributed by atoms with Crippen LogP contribution >= 0.6 is 27.5 Å². The molecular weight excluding hydrogens is 678 g/mol. The van der Waals surface area contributed by atoms with Gasteiger partial charge in [0.25, 0.3) is 5.56 Å². The zero-order valence-corrected chi connectivity index (χ0v) is 28.4. The van der Waals surface area contributed by atoms with Crippen LogP contribution in [0.5, 0.6) is 0 Å². The first-order valence-corrected chi connectivity index (χ1v) is 16.3. The molecule has 0 radical (unpaired) electrons. The third-order valence-corrected chi connectivity index (χ3v) is 8.70. The van der Waals surface area contributed by atoms with Crippen molar-refractivity contribution in [2.24, 2.45) is 0 Å². The minimum atomic E-state index is -0.611. The van der Waals surface area contributed by atoms with Crippen LogP contribution in [0.4, 0.5) is 16.2 Å². The third-order valence-electron chi connectivity index (χ3n) is 7.89. The van der Waals surface area contributed by atoms with Crippen LogP contribution in [0.2, 0.25) is 5.02 Å². The van der Waals surface area contributed by atoms with Gasteiger partial charge < -0.3 is 29.2 Å². The topological polar surface area (TPSA) is 123 Å². The number of aromatic nitrogens is 4. The predicted octanol–water partition coefficient (Wildman–Crippen LogP) is 5.26. The van der Waals surface area contributed by atoms with E-state index >= 15 is 0 Å². The molecule has 0 saturated carbocycles. The monoisotopic (exact) mass is 711 g/mol. The largest absolute Gasteiger partial charge is 0.444 e. The Kier molecular flexibility index (Phi) is 8.83. The summed E-state index contributed by atoms with van der Waals surface area (Å²) in [6.45, 7) is 9.89. The smallest absolute Gasteiger partial charge is 0.410 e. The lowest BCUT2D eigenvalue weighted by Gasteiger charge is -2.37. The van der Waals surface area contributed by atoms with Gasteiger partial charge in [0.05, 0.1) is 29.6 Å². The number of nitrogens with one attached hydrogen (secondary N) is 1. The molecule has 0 unspecified atom stereocenters. The van der Waals surface area contributed by atoms with E-state index in [1.165, 1.54) is 4.52 Å². The van der Waals surface area contributed by atoms with Crippen LogP contribution in [0.3, 0.4) is 0 Å². The molecule has 6 rings (SSSR count). The molecule has 1 N–H and O–H groups in total. The van der Waals surface area contributed by atoms with Crippen molar-refractivity contribution < 1.29 is 19.1 Å². The molecule has 0 spiro atoms. The standard InChI is InChI=1S/C32H35BrClN7O5/c1-5-25-27(38-10-12-39(13-11-38)31(44)46-32(2,3)4)29(43)41-30(36-28(37-41)19-6-7-20-17-45-18-21(20)14-19)40(25)16-26(42)35-24-9-8-22(33)15-23(24)34/h6-9,14-15H,5,10-13,16-18H2,1-4H3,(H,35,42). The molecule has 1 fully saturated rings. The molecule has 2 aliphatic rings.